The Morgan fingerprint density at radius 2 is 2.11 bits per heavy atom. The molecule has 0 amide bonds. The van der Waals surface area contributed by atoms with Gasteiger partial charge >= 0.3 is 0 Å². The van der Waals surface area contributed by atoms with Crippen molar-refractivity contribution in [2.75, 3.05) is 18.5 Å². The van der Waals surface area contributed by atoms with Crippen molar-refractivity contribution in [3.63, 3.8) is 0 Å². The maximum atomic E-state index is 3.58. The van der Waals surface area contributed by atoms with E-state index in [1.54, 1.807) is 0 Å². The predicted octanol–water partition coefficient (Wildman–Crippen LogP) is 3.79. The molecule has 0 unspecified atom stereocenters. The van der Waals surface area contributed by atoms with Crippen LogP contribution in [0.25, 0.3) is 0 Å². The molecule has 1 aromatic carbocycles. The van der Waals surface area contributed by atoms with E-state index in [1.165, 1.54) is 30.6 Å². The van der Waals surface area contributed by atoms with Crippen LogP contribution in [0.2, 0.25) is 0 Å². The highest BCUT2D eigenvalue weighted by Crippen LogP contribution is 2.32. The van der Waals surface area contributed by atoms with Crippen LogP contribution in [0.3, 0.4) is 0 Å². The Morgan fingerprint density at radius 3 is 2.72 bits per heavy atom. The third kappa shape index (κ3) is 3.99. The van der Waals surface area contributed by atoms with Crippen LogP contribution in [0, 0.1) is 5.92 Å². The smallest absolute Gasteiger partial charge is 0.0420 e. The van der Waals surface area contributed by atoms with Crippen molar-refractivity contribution in [2.45, 2.75) is 39.3 Å². The third-order valence-electron chi connectivity index (χ3n) is 3.39. The normalized spacial score (nSPS) is 15.2. The highest BCUT2D eigenvalue weighted by atomic mass is 79.9. The molecule has 1 aromatic rings. The lowest BCUT2D eigenvalue weighted by Gasteiger charge is -2.23. The summed E-state index contributed by atoms with van der Waals surface area (Å²) in [6.45, 7) is 6.50. The molecular formula is C15H23BrN2. The number of halogens is 1. The minimum absolute atomic E-state index is 0.523. The van der Waals surface area contributed by atoms with E-state index in [9.17, 15) is 0 Å². The first-order valence-electron chi connectivity index (χ1n) is 6.79. The van der Waals surface area contributed by atoms with Crippen molar-refractivity contribution >= 4 is 21.6 Å². The van der Waals surface area contributed by atoms with Crippen molar-refractivity contribution < 1.29 is 0 Å². The van der Waals surface area contributed by atoms with Gasteiger partial charge in [-0.2, -0.15) is 0 Å². The third-order valence-corrected chi connectivity index (χ3v) is 3.88. The van der Waals surface area contributed by atoms with Gasteiger partial charge in [0.2, 0.25) is 0 Å². The Morgan fingerprint density at radius 1 is 1.39 bits per heavy atom. The molecule has 18 heavy (non-hydrogen) atoms. The number of nitrogens with one attached hydrogen (secondary N) is 1. The van der Waals surface area contributed by atoms with Crippen LogP contribution in [-0.4, -0.2) is 19.6 Å². The lowest BCUT2D eigenvalue weighted by molar-refractivity contribution is 0.588. The van der Waals surface area contributed by atoms with E-state index in [1.807, 2.05) is 0 Å². The van der Waals surface area contributed by atoms with Gasteiger partial charge in [-0.25, -0.2) is 0 Å². The van der Waals surface area contributed by atoms with Crippen LogP contribution in [0.5, 0.6) is 0 Å². The number of nitrogens with zero attached hydrogens (tertiary/aromatic N) is 1. The standard InChI is InChI=1S/C15H23BrN2/c1-11(2)17-9-13-6-7-14(16)8-15(13)18(3)10-12-4-5-12/h6-8,11-12,17H,4-5,9-10H2,1-3H3. The van der Waals surface area contributed by atoms with Gasteiger partial charge in [0.1, 0.15) is 0 Å². The summed E-state index contributed by atoms with van der Waals surface area (Å²) in [6.07, 6.45) is 2.80. The maximum Gasteiger partial charge on any atom is 0.0420 e. The van der Waals surface area contributed by atoms with Gasteiger partial charge in [0.15, 0.2) is 0 Å². The van der Waals surface area contributed by atoms with Gasteiger partial charge < -0.3 is 10.2 Å². The number of benzene rings is 1. The van der Waals surface area contributed by atoms with Gasteiger partial charge in [-0.1, -0.05) is 35.8 Å². The molecule has 2 nitrogen and oxygen atoms in total. The van der Waals surface area contributed by atoms with Crippen molar-refractivity contribution in [1.29, 1.82) is 0 Å². The number of hydrogen-bond donors (Lipinski definition) is 1. The molecule has 1 saturated carbocycles. The molecule has 1 aliphatic carbocycles. The molecule has 2 rings (SSSR count). The van der Waals surface area contributed by atoms with Crippen LogP contribution >= 0.6 is 15.9 Å². The molecule has 0 heterocycles. The second kappa shape index (κ2) is 6.07. The van der Waals surface area contributed by atoms with Crippen molar-refractivity contribution in [3.05, 3.63) is 28.2 Å². The monoisotopic (exact) mass is 310 g/mol. The van der Waals surface area contributed by atoms with Crippen molar-refractivity contribution in [3.8, 4) is 0 Å². The molecule has 0 radical (unpaired) electrons. The van der Waals surface area contributed by atoms with Crippen LogP contribution < -0.4 is 10.2 Å². The molecule has 100 valence electrons. The first kappa shape index (κ1) is 13.9. The fourth-order valence-electron chi connectivity index (χ4n) is 2.14. The molecular weight excluding hydrogens is 288 g/mol. The van der Waals surface area contributed by atoms with Crippen LogP contribution in [-0.2, 0) is 6.54 Å². The summed E-state index contributed by atoms with van der Waals surface area (Å²) in [6, 6.07) is 7.11. The summed E-state index contributed by atoms with van der Waals surface area (Å²) in [5.41, 5.74) is 2.74. The highest BCUT2D eigenvalue weighted by Gasteiger charge is 2.23. The van der Waals surface area contributed by atoms with Crippen LogP contribution in [0.4, 0.5) is 5.69 Å². The molecule has 0 spiro atoms. The van der Waals surface area contributed by atoms with E-state index < -0.39 is 0 Å². The summed E-state index contributed by atoms with van der Waals surface area (Å²) < 4.78 is 1.16. The first-order chi connectivity index (χ1) is 8.56. The summed E-state index contributed by atoms with van der Waals surface area (Å²) in [5.74, 6) is 0.917. The molecule has 0 saturated heterocycles. The molecule has 0 bridgehead atoms. The van der Waals surface area contributed by atoms with Gasteiger partial charge in [0.05, 0.1) is 0 Å². The van der Waals surface area contributed by atoms with E-state index >= 15 is 0 Å². The fraction of sp³-hybridized carbons (Fsp3) is 0.600. The Hall–Kier alpha value is -0.540. The highest BCUT2D eigenvalue weighted by molar-refractivity contribution is 9.10. The van der Waals surface area contributed by atoms with Gasteiger partial charge in [0, 0.05) is 36.3 Å². The lowest BCUT2D eigenvalue weighted by atomic mass is 10.1. The zero-order valence-electron chi connectivity index (χ0n) is 11.5. The quantitative estimate of drug-likeness (QED) is 0.860. The first-order valence-corrected chi connectivity index (χ1v) is 7.58. The number of rotatable bonds is 6. The predicted molar refractivity (Wildman–Crippen MR) is 82.1 cm³/mol. The second-order valence-electron chi connectivity index (χ2n) is 5.63. The zero-order valence-corrected chi connectivity index (χ0v) is 13.1. The van der Waals surface area contributed by atoms with E-state index in [-0.39, 0.29) is 0 Å². The van der Waals surface area contributed by atoms with E-state index in [0.29, 0.717) is 6.04 Å². The molecule has 0 aliphatic heterocycles. The van der Waals surface area contributed by atoms with E-state index in [4.69, 9.17) is 0 Å². The van der Waals surface area contributed by atoms with E-state index in [0.717, 1.165) is 16.9 Å². The summed E-state index contributed by atoms with van der Waals surface area (Å²) in [7, 11) is 2.21. The van der Waals surface area contributed by atoms with Gasteiger partial charge in [-0.15, -0.1) is 0 Å². The minimum atomic E-state index is 0.523. The minimum Gasteiger partial charge on any atom is -0.374 e. The van der Waals surface area contributed by atoms with Gasteiger partial charge in [-0.05, 0) is 36.5 Å². The largest absolute Gasteiger partial charge is 0.374 e. The lowest BCUT2D eigenvalue weighted by Crippen LogP contribution is -2.25. The molecule has 1 N–H and O–H groups in total. The molecule has 0 aromatic heterocycles. The number of hydrogen-bond acceptors (Lipinski definition) is 2. The summed E-state index contributed by atoms with van der Waals surface area (Å²) in [5, 5.41) is 3.50. The molecule has 3 heteroatoms. The number of anilines is 1. The summed E-state index contributed by atoms with van der Waals surface area (Å²) >= 11 is 3.58. The molecule has 1 aliphatic rings. The van der Waals surface area contributed by atoms with E-state index in [2.05, 4.69) is 65.2 Å². The topological polar surface area (TPSA) is 15.3 Å². The Labute approximate surface area is 119 Å². The maximum absolute atomic E-state index is 3.58. The van der Waals surface area contributed by atoms with Crippen molar-refractivity contribution in [1.82, 2.24) is 5.32 Å². The Bertz CT molecular complexity index is 399. The Balaban J connectivity index is 2.10. The van der Waals surface area contributed by atoms with Crippen LogP contribution in [0.1, 0.15) is 32.3 Å². The fourth-order valence-corrected chi connectivity index (χ4v) is 2.49. The van der Waals surface area contributed by atoms with Crippen molar-refractivity contribution in [2.24, 2.45) is 5.92 Å². The molecule has 1 fully saturated rings. The average Bonchev–Trinajstić information content (AvgIpc) is 3.11. The van der Waals surface area contributed by atoms with Crippen LogP contribution in [0.15, 0.2) is 22.7 Å². The Kier molecular flexibility index (Phi) is 4.68. The van der Waals surface area contributed by atoms with Gasteiger partial charge in [0.25, 0.3) is 0 Å². The summed E-state index contributed by atoms with van der Waals surface area (Å²) in [4.78, 5) is 2.40. The van der Waals surface area contributed by atoms with Gasteiger partial charge in [-0.3, -0.25) is 0 Å². The SMILES string of the molecule is CC(C)NCc1ccc(Br)cc1N(C)CC1CC1. The molecule has 0 atom stereocenters. The zero-order chi connectivity index (χ0) is 13.1. The average molecular weight is 311 g/mol. The second-order valence-corrected chi connectivity index (χ2v) is 6.55.